The molecule has 3 rings (SSSR count). The number of aryl methyl sites for hydroxylation is 2. The molecule has 1 unspecified atom stereocenters. The van der Waals surface area contributed by atoms with E-state index >= 15 is 0 Å². The van der Waals surface area contributed by atoms with E-state index in [1.54, 1.807) is 13.0 Å². The van der Waals surface area contributed by atoms with Crippen LogP contribution < -0.4 is 10.1 Å². The molecule has 0 saturated carbocycles. The van der Waals surface area contributed by atoms with Crippen molar-refractivity contribution in [3.05, 3.63) is 47.5 Å². The molecule has 3 aromatic rings. The van der Waals surface area contributed by atoms with Crippen molar-refractivity contribution in [2.24, 2.45) is 5.92 Å². The van der Waals surface area contributed by atoms with Crippen LogP contribution in [0.3, 0.4) is 0 Å². The van der Waals surface area contributed by atoms with Gasteiger partial charge in [-0.25, -0.2) is 0 Å². The fourth-order valence-electron chi connectivity index (χ4n) is 3.11. The summed E-state index contributed by atoms with van der Waals surface area (Å²) in [5.74, 6) is 2.84. The summed E-state index contributed by atoms with van der Waals surface area (Å²) < 4.78 is 13.0. The Bertz CT molecular complexity index is 1010. The standard InChI is InChI=1S/C23H31N5O3S/c1-6-17-8-10-18(11-9-17)30-14-21-25-26-23(28(21)13-15(3)4)32-19(7-2)22(29)24-20-12-16(5)31-27-20/h8-12,15,19H,6-7,13-14H2,1-5H3,(H,24,27,29). The van der Waals surface area contributed by atoms with Crippen LogP contribution in [0.15, 0.2) is 40.0 Å². The molecular formula is C23H31N5O3S. The van der Waals surface area contributed by atoms with Crippen LogP contribution in [0, 0.1) is 12.8 Å². The minimum Gasteiger partial charge on any atom is -0.486 e. The molecule has 32 heavy (non-hydrogen) atoms. The van der Waals surface area contributed by atoms with Gasteiger partial charge in [0.15, 0.2) is 16.8 Å². The second-order valence-electron chi connectivity index (χ2n) is 8.02. The maximum Gasteiger partial charge on any atom is 0.239 e. The summed E-state index contributed by atoms with van der Waals surface area (Å²) in [6, 6.07) is 9.77. The predicted octanol–water partition coefficient (Wildman–Crippen LogP) is 4.88. The number of hydrogen-bond donors (Lipinski definition) is 1. The third-order valence-electron chi connectivity index (χ3n) is 4.83. The topological polar surface area (TPSA) is 95.1 Å². The summed E-state index contributed by atoms with van der Waals surface area (Å²) >= 11 is 1.40. The lowest BCUT2D eigenvalue weighted by atomic mass is 10.2. The van der Waals surface area contributed by atoms with Crippen LogP contribution in [-0.4, -0.2) is 31.1 Å². The molecule has 0 spiro atoms. The highest BCUT2D eigenvalue weighted by Crippen LogP contribution is 2.27. The third kappa shape index (κ3) is 6.35. The van der Waals surface area contributed by atoms with E-state index in [2.05, 4.69) is 53.6 Å². The highest BCUT2D eigenvalue weighted by atomic mass is 32.2. The van der Waals surface area contributed by atoms with E-state index in [4.69, 9.17) is 9.26 Å². The lowest BCUT2D eigenvalue weighted by molar-refractivity contribution is -0.115. The van der Waals surface area contributed by atoms with Crippen molar-refractivity contribution < 1.29 is 14.1 Å². The molecule has 0 saturated heterocycles. The second-order valence-corrected chi connectivity index (χ2v) is 9.19. The molecule has 0 fully saturated rings. The number of nitrogens with one attached hydrogen (secondary N) is 1. The van der Waals surface area contributed by atoms with Crippen LogP contribution in [0.1, 0.15) is 51.3 Å². The molecule has 2 heterocycles. The molecule has 0 bridgehead atoms. The third-order valence-corrected chi connectivity index (χ3v) is 6.18. The number of aromatic nitrogens is 4. The first-order valence-electron chi connectivity index (χ1n) is 10.9. The maximum atomic E-state index is 12.8. The molecule has 8 nitrogen and oxygen atoms in total. The van der Waals surface area contributed by atoms with E-state index in [0.717, 1.165) is 24.5 Å². The fraction of sp³-hybridized carbons (Fsp3) is 0.478. The quantitative estimate of drug-likeness (QED) is 0.410. The summed E-state index contributed by atoms with van der Waals surface area (Å²) in [6.45, 7) is 11.2. The molecule has 1 amide bonds. The Kier molecular flexibility index (Phi) is 8.33. The molecule has 0 aliphatic carbocycles. The Morgan fingerprint density at radius 2 is 1.97 bits per heavy atom. The molecule has 0 aliphatic rings. The largest absolute Gasteiger partial charge is 0.486 e. The molecule has 2 aromatic heterocycles. The van der Waals surface area contributed by atoms with Crippen molar-refractivity contribution >= 4 is 23.5 Å². The molecule has 9 heteroatoms. The first kappa shape index (κ1) is 23.8. The van der Waals surface area contributed by atoms with Crippen molar-refractivity contribution in [2.75, 3.05) is 5.32 Å². The lowest BCUT2D eigenvalue weighted by Gasteiger charge is -2.16. The number of carbonyl (C=O) groups excluding carboxylic acids is 1. The van der Waals surface area contributed by atoms with Gasteiger partial charge in [0.2, 0.25) is 5.91 Å². The summed E-state index contributed by atoms with van der Waals surface area (Å²) in [4.78, 5) is 12.8. The highest BCUT2D eigenvalue weighted by Gasteiger charge is 2.24. The summed E-state index contributed by atoms with van der Waals surface area (Å²) in [5.41, 5.74) is 1.27. The summed E-state index contributed by atoms with van der Waals surface area (Å²) in [6.07, 6.45) is 1.63. The van der Waals surface area contributed by atoms with Crippen molar-refractivity contribution in [3.8, 4) is 5.75 Å². The second kappa shape index (κ2) is 11.2. The van der Waals surface area contributed by atoms with E-state index in [1.165, 1.54) is 17.3 Å². The van der Waals surface area contributed by atoms with Gasteiger partial charge in [-0.2, -0.15) is 0 Å². The average Bonchev–Trinajstić information content (AvgIpc) is 3.35. The Hall–Kier alpha value is -2.81. The number of nitrogens with zero attached hydrogens (tertiary/aromatic N) is 4. The van der Waals surface area contributed by atoms with Crippen molar-refractivity contribution in [3.63, 3.8) is 0 Å². The van der Waals surface area contributed by atoms with Crippen LogP contribution in [-0.2, 0) is 24.4 Å². The van der Waals surface area contributed by atoms with Gasteiger partial charge in [0.25, 0.3) is 0 Å². The molecule has 1 atom stereocenters. The van der Waals surface area contributed by atoms with Gasteiger partial charge in [0.1, 0.15) is 18.1 Å². The van der Waals surface area contributed by atoms with Gasteiger partial charge in [-0.3, -0.25) is 4.79 Å². The number of benzene rings is 1. The van der Waals surface area contributed by atoms with Crippen molar-refractivity contribution in [1.29, 1.82) is 0 Å². The average molecular weight is 458 g/mol. The zero-order chi connectivity index (χ0) is 23.1. The summed E-state index contributed by atoms with van der Waals surface area (Å²) in [5, 5.41) is 15.8. The molecule has 1 aromatic carbocycles. The van der Waals surface area contributed by atoms with Gasteiger partial charge in [0, 0.05) is 12.6 Å². The maximum absolute atomic E-state index is 12.8. The molecular weight excluding hydrogens is 426 g/mol. The van der Waals surface area contributed by atoms with E-state index in [0.29, 0.717) is 35.7 Å². The number of anilines is 1. The Labute approximate surface area is 193 Å². The monoisotopic (exact) mass is 457 g/mol. The smallest absolute Gasteiger partial charge is 0.239 e. The molecule has 1 N–H and O–H groups in total. The minimum absolute atomic E-state index is 0.140. The van der Waals surface area contributed by atoms with Crippen LogP contribution in [0.5, 0.6) is 5.75 Å². The number of carbonyl (C=O) groups is 1. The van der Waals surface area contributed by atoms with Crippen molar-refractivity contribution in [2.45, 2.75) is 71.0 Å². The normalized spacial score (nSPS) is 12.2. The van der Waals surface area contributed by atoms with Gasteiger partial charge in [-0.1, -0.05) is 56.7 Å². The molecule has 0 radical (unpaired) electrons. The first-order chi connectivity index (χ1) is 15.4. The Balaban J connectivity index is 1.71. The zero-order valence-electron chi connectivity index (χ0n) is 19.3. The van der Waals surface area contributed by atoms with E-state index in [1.807, 2.05) is 23.6 Å². The van der Waals surface area contributed by atoms with Gasteiger partial charge in [-0.15, -0.1) is 10.2 Å². The van der Waals surface area contributed by atoms with E-state index in [9.17, 15) is 4.79 Å². The fourth-order valence-corrected chi connectivity index (χ4v) is 4.09. The lowest BCUT2D eigenvalue weighted by Crippen LogP contribution is -2.25. The predicted molar refractivity (Wildman–Crippen MR) is 125 cm³/mol. The van der Waals surface area contributed by atoms with Crippen molar-refractivity contribution in [1.82, 2.24) is 19.9 Å². The van der Waals surface area contributed by atoms with Crippen LogP contribution in [0.4, 0.5) is 5.82 Å². The van der Waals surface area contributed by atoms with Gasteiger partial charge in [0.05, 0.1) is 5.25 Å². The van der Waals surface area contributed by atoms with Crippen LogP contribution in [0.25, 0.3) is 0 Å². The number of amides is 1. The molecule has 0 aliphatic heterocycles. The number of thioether (sulfide) groups is 1. The van der Waals surface area contributed by atoms with Gasteiger partial charge in [-0.05, 0) is 43.4 Å². The summed E-state index contributed by atoms with van der Waals surface area (Å²) in [7, 11) is 0. The Morgan fingerprint density at radius 3 is 2.56 bits per heavy atom. The SMILES string of the molecule is CCc1ccc(OCc2nnc(SC(CC)C(=O)Nc3cc(C)on3)n2CC(C)C)cc1. The zero-order valence-corrected chi connectivity index (χ0v) is 20.1. The number of rotatable bonds is 11. The van der Waals surface area contributed by atoms with E-state index < -0.39 is 0 Å². The Morgan fingerprint density at radius 1 is 1.22 bits per heavy atom. The minimum atomic E-state index is -0.336. The number of hydrogen-bond acceptors (Lipinski definition) is 7. The van der Waals surface area contributed by atoms with Crippen LogP contribution >= 0.6 is 11.8 Å². The first-order valence-corrected chi connectivity index (χ1v) is 11.8. The van der Waals surface area contributed by atoms with Crippen LogP contribution in [0.2, 0.25) is 0 Å². The highest BCUT2D eigenvalue weighted by molar-refractivity contribution is 8.00. The molecule has 172 valence electrons. The van der Waals surface area contributed by atoms with Gasteiger partial charge < -0.3 is 19.1 Å². The van der Waals surface area contributed by atoms with E-state index in [-0.39, 0.29) is 11.2 Å². The van der Waals surface area contributed by atoms with Gasteiger partial charge >= 0.3 is 0 Å². The number of ether oxygens (including phenoxy) is 1.